The zero-order valence-electron chi connectivity index (χ0n) is 10.3. The van der Waals surface area contributed by atoms with Crippen LogP contribution in [0.4, 0.5) is 5.95 Å². The second-order valence-corrected chi connectivity index (χ2v) is 5.36. The van der Waals surface area contributed by atoms with Gasteiger partial charge in [-0.3, -0.25) is 0 Å². The molecule has 3 rings (SSSR count). The molecular weight excluding hydrogens is 242 g/mol. The number of aromatic nitrogens is 2. The lowest BCUT2D eigenvalue weighted by Crippen LogP contribution is -2.04. The van der Waals surface area contributed by atoms with E-state index in [4.69, 9.17) is 0 Å². The quantitative estimate of drug-likeness (QED) is 0.895. The number of hydrogen-bond acceptors (Lipinski definition) is 4. The summed E-state index contributed by atoms with van der Waals surface area (Å²) in [5.74, 6) is 1.36. The number of aryl methyl sites for hydroxylation is 1. The maximum Gasteiger partial charge on any atom is 0.227 e. The van der Waals surface area contributed by atoms with E-state index in [1.54, 1.807) is 11.8 Å². The molecule has 3 nitrogen and oxygen atoms in total. The number of nitrogens with zero attached hydrogens (tertiary/aromatic N) is 2. The molecule has 1 N–H and O–H groups in total. The van der Waals surface area contributed by atoms with E-state index >= 15 is 0 Å². The van der Waals surface area contributed by atoms with Gasteiger partial charge in [-0.15, -0.1) is 11.8 Å². The molecule has 1 saturated carbocycles. The fraction of sp³-hybridized carbons (Fsp3) is 0.286. The molecule has 0 atom stereocenters. The molecule has 0 amide bonds. The Labute approximate surface area is 111 Å². The summed E-state index contributed by atoms with van der Waals surface area (Å²) in [6, 6.07) is 2.09. The van der Waals surface area contributed by atoms with Crippen molar-refractivity contribution in [1.82, 2.24) is 9.97 Å². The zero-order chi connectivity index (χ0) is 12.4. The van der Waals surface area contributed by atoms with Gasteiger partial charge in [0.1, 0.15) is 0 Å². The topological polar surface area (TPSA) is 37.8 Å². The van der Waals surface area contributed by atoms with Gasteiger partial charge >= 0.3 is 0 Å². The van der Waals surface area contributed by atoms with Crippen LogP contribution in [-0.4, -0.2) is 9.97 Å². The fourth-order valence-electron chi connectivity index (χ4n) is 1.85. The van der Waals surface area contributed by atoms with E-state index in [2.05, 4.69) is 21.4 Å². The van der Waals surface area contributed by atoms with Gasteiger partial charge in [-0.05, 0) is 48.8 Å². The monoisotopic (exact) mass is 257 g/mol. The van der Waals surface area contributed by atoms with Gasteiger partial charge in [-0.1, -0.05) is 6.08 Å². The summed E-state index contributed by atoms with van der Waals surface area (Å²) in [5.41, 5.74) is 3.22. The van der Waals surface area contributed by atoms with Crippen molar-refractivity contribution in [2.45, 2.75) is 25.7 Å². The molecule has 1 fully saturated rings. The average Bonchev–Trinajstić information content (AvgIpc) is 3.16. The van der Waals surface area contributed by atoms with E-state index in [1.807, 2.05) is 36.0 Å². The molecule has 2 aliphatic rings. The van der Waals surface area contributed by atoms with Crippen LogP contribution in [0.2, 0.25) is 0 Å². The van der Waals surface area contributed by atoms with Crippen LogP contribution < -0.4 is 5.32 Å². The van der Waals surface area contributed by atoms with Crippen molar-refractivity contribution < 1.29 is 0 Å². The predicted octanol–water partition coefficient (Wildman–Crippen LogP) is 3.73. The number of anilines is 1. The van der Waals surface area contributed by atoms with Gasteiger partial charge < -0.3 is 5.32 Å². The van der Waals surface area contributed by atoms with Gasteiger partial charge in [-0.25, -0.2) is 9.97 Å². The van der Waals surface area contributed by atoms with Crippen molar-refractivity contribution in [3.8, 4) is 0 Å². The van der Waals surface area contributed by atoms with Gasteiger partial charge in [0.15, 0.2) is 0 Å². The van der Waals surface area contributed by atoms with E-state index < -0.39 is 0 Å². The molecule has 0 unspecified atom stereocenters. The van der Waals surface area contributed by atoms with Gasteiger partial charge in [0.05, 0.1) is 0 Å². The Bertz CT molecular complexity index is 542. The lowest BCUT2D eigenvalue weighted by molar-refractivity contribution is 0.969. The van der Waals surface area contributed by atoms with Crippen LogP contribution in [-0.2, 0) is 0 Å². The SMILES string of the molecule is Cc1cc(C2CC2)nc(NC2=CC=CSC=C2)n1. The minimum absolute atomic E-state index is 0.654. The van der Waals surface area contributed by atoms with Crippen LogP contribution >= 0.6 is 11.8 Å². The van der Waals surface area contributed by atoms with E-state index in [0.29, 0.717) is 11.9 Å². The molecule has 1 aliphatic carbocycles. The summed E-state index contributed by atoms with van der Waals surface area (Å²) in [6.45, 7) is 2.02. The van der Waals surface area contributed by atoms with E-state index in [9.17, 15) is 0 Å². The standard InChI is InChI=1S/C14H15N3S/c1-10-9-13(11-4-5-11)17-14(15-10)16-12-3-2-7-18-8-6-12/h2-3,6-9,11H,4-5H2,1H3,(H,15,16,17). The Morgan fingerprint density at radius 2 is 2.17 bits per heavy atom. The molecule has 0 saturated heterocycles. The first kappa shape index (κ1) is 11.5. The first-order valence-corrected chi connectivity index (χ1v) is 7.07. The third-order valence-corrected chi connectivity index (χ3v) is 3.49. The van der Waals surface area contributed by atoms with E-state index in [-0.39, 0.29) is 0 Å². The number of nitrogens with one attached hydrogen (secondary N) is 1. The van der Waals surface area contributed by atoms with Crippen molar-refractivity contribution in [2.24, 2.45) is 0 Å². The summed E-state index contributed by atoms with van der Waals surface area (Å²) in [5, 5.41) is 7.35. The molecule has 1 aromatic heterocycles. The molecule has 0 radical (unpaired) electrons. The third kappa shape index (κ3) is 2.82. The molecule has 92 valence electrons. The molecule has 0 aromatic carbocycles. The molecule has 18 heavy (non-hydrogen) atoms. The largest absolute Gasteiger partial charge is 0.324 e. The van der Waals surface area contributed by atoms with Gasteiger partial charge in [0.25, 0.3) is 0 Å². The van der Waals surface area contributed by atoms with Crippen molar-refractivity contribution in [3.63, 3.8) is 0 Å². The van der Waals surface area contributed by atoms with Crippen LogP contribution in [0.1, 0.15) is 30.1 Å². The molecule has 1 aromatic rings. The number of thioether (sulfide) groups is 1. The van der Waals surface area contributed by atoms with Crippen molar-refractivity contribution in [3.05, 3.63) is 52.2 Å². The molecule has 4 heteroatoms. The molecule has 0 bridgehead atoms. The molecule has 1 aliphatic heterocycles. The van der Waals surface area contributed by atoms with E-state index in [0.717, 1.165) is 11.4 Å². The minimum atomic E-state index is 0.654. The Morgan fingerprint density at radius 1 is 1.28 bits per heavy atom. The predicted molar refractivity (Wildman–Crippen MR) is 76.3 cm³/mol. The summed E-state index contributed by atoms with van der Waals surface area (Å²) < 4.78 is 0. The highest BCUT2D eigenvalue weighted by molar-refractivity contribution is 8.04. The van der Waals surface area contributed by atoms with Gasteiger partial charge in [-0.2, -0.15) is 0 Å². The van der Waals surface area contributed by atoms with Crippen molar-refractivity contribution in [1.29, 1.82) is 0 Å². The highest BCUT2D eigenvalue weighted by Crippen LogP contribution is 2.39. The number of rotatable bonds is 3. The highest BCUT2D eigenvalue weighted by Gasteiger charge is 2.25. The second kappa shape index (κ2) is 4.98. The maximum absolute atomic E-state index is 4.59. The Hall–Kier alpha value is -1.55. The fourth-order valence-corrected chi connectivity index (χ4v) is 2.34. The first-order valence-electron chi connectivity index (χ1n) is 6.13. The zero-order valence-corrected chi connectivity index (χ0v) is 11.1. The maximum atomic E-state index is 4.59. The van der Waals surface area contributed by atoms with Crippen LogP contribution in [0.15, 0.2) is 40.8 Å². The number of allylic oxidation sites excluding steroid dienone is 3. The minimum Gasteiger partial charge on any atom is -0.324 e. The van der Waals surface area contributed by atoms with Crippen LogP contribution in [0, 0.1) is 6.92 Å². The first-order chi connectivity index (χ1) is 8.81. The summed E-state index contributed by atoms with van der Waals surface area (Å²) in [6.07, 6.45) is 8.60. The van der Waals surface area contributed by atoms with Gasteiger partial charge in [0, 0.05) is 23.0 Å². The van der Waals surface area contributed by atoms with Crippen LogP contribution in [0.5, 0.6) is 0 Å². The second-order valence-electron chi connectivity index (χ2n) is 4.55. The summed E-state index contributed by atoms with van der Waals surface area (Å²) in [4.78, 5) is 9.03. The van der Waals surface area contributed by atoms with Crippen molar-refractivity contribution in [2.75, 3.05) is 5.32 Å². The lowest BCUT2D eigenvalue weighted by Gasteiger charge is -2.07. The molecular formula is C14H15N3S. The Morgan fingerprint density at radius 3 is 3.00 bits per heavy atom. The lowest BCUT2D eigenvalue weighted by atomic mass is 10.2. The molecule has 2 heterocycles. The van der Waals surface area contributed by atoms with Crippen LogP contribution in [0.3, 0.4) is 0 Å². The average molecular weight is 257 g/mol. The van der Waals surface area contributed by atoms with Crippen LogP contribution in [0.25, 0.3) is 0 Å². The summed E-state index contributed by atoms with van der Waals surface area (Å²) >= 11 is 1.66. The summed E-state index contributed by atoms with van der Waals surface area (Å²) in [7, 11) is 0. The third-order valence-electron chi connectivity index (χ3n) is 2.88. The van der Waals surface area contributed by atoms with Crippen molar-refractivity contribution >= 4 is 17.7 Å². The van der Waals surface area contributed by atoms with E-state index in [1.165, 1.54) is 18.5 Å². The Kier molecular flexibility index (Phi) is 3.19. The smallest absolute Gasteiger partial charge is 0.227 e. The Balaban J connectivity index is 1.83. The highest BCUT2D eigenvalue weighted by atomic mass is 32.2. The molecule has 0 spiro atoms. The van der Waals surface area contributed by atoms with Gasteiger partial charge in [0.2, 0.25) is 5.95 Å². The number of hydrogen-bond donors (Lipinski definition) is 1. The normalized spacial score (nSPS) is 18.4.